The molecule has 0 aliphatic heterocycles. The lowest BCUT2D eigenvalue weighted by Crippen LogP contribution is -2.34. The largest absolute Gasteiger partial charge is 0.497 e. The van der Waals surface area contributed by atoms with Crippen LogP contribution in [0.5, 0.6) is 5.75 Å². The van der Waals surface area contributed by atoms with Gasteiger partial charge in [-0.1, -0.05) is 6.07 Å². The lowest BCUT2D eigenvalue weighted by atomic mass is 10.1. The van der Waals surface area contributed by atoms with Gasteiger partial charge in [0, 0.05) is 10.4 Å². The molecule has 0 aliphatic rings. The van der Waals surface area contributed by atoms with Gasteiger partial charge in [-0.15, -0.1) is 11.8 Å². The number of hydrogen-bond donors (Lipinski definition) is 1. The van der Waals surface area contributed by atoms with Crippen molar-refractivity contribution < 1.29 is 9.15 Å². The third-order valence-corrected chi connectivity index (χ3v) is 3.95. The van der Waals surface area contributed by atoms with Crippen LogP contribution in [-0.2, 0) is 12.3 Å². The molecule has 0 unspecified atom stereocenters. The predicted molar refractivity (Wildman–Crippen MR) is 87.9 cm³/mol. The Morgan fingerprint density at radius 2 is 1.90 bits per heavy atom. The SMILES string of the molecule is COc1cccc(SCc2ccc(CNC(C)(C)C)o2)c1. The highest BCUT2D eigenvalue weighted by atomic mass is 32.2. The Kier molecular flexibility index (Phi) is 5.37. The number of nitrogens with one attached hydrogen (secondary N) is 1. The number of benzene rings is 1. The molecule has 1 aromatic carbocycles. The molecule has 1 aromatic heterocycles. The van der Waals surface area contributed by atoms with Crippen molar-refractivity contribution in [3.63, 3.8) is 0 Å². The average Bonchev–Trinajstić information content (AvgIpc) is 2.90. The van der Waals surface area contributed by atoms with Crippen molar-refractivity contribution in [1.29, 1.82) is 0 Å². The zero-order valence-electron chi connectivity index (χ0n) is 13.1. The third-order valence-electron chi connectivity index (χ3n) is 2.93. The standard InChI is InChI=1S/C17H23NO2S/c1-17(2,3)18-11-14-8-9-15(20-14)12-21-16-7-5-6-13(10-16)19-4/h5-10,18H,11-12H2,1-4H3. The van der Waals surface area contributed by atoms with E-state index in [4.69, 9.17) is 9.15 Å². The van der Waals surface area contributed by atoms with Gasteiger partial charge in [0.15, 0.2) is 0 Å². The molecule has 114 valence electrons. The molecular formula is C17H23NO2S. The predicted octanol–water partition coefficient (Wildman–Crippen LogP) is 4.47. The fourth-order valence-electron chi connectivity index (χ4n) is 1.79. The Labute approximate surface area is 131 Å². The second-order valence-electron chi connectivity index (χ2n) is 5.94. The topological polar surface area (TPSA) is 34.4 Å². The minimum absolute atomic E-state index is 0.0995. The van der Waals surface area contributed by atoms with Crippen LogP contribution in [0, 0.1) is 0 Å². The fourth-order valence-corrected chi connectivity index (χ4v) is 2.63. The van der Waals surface area contributed by atoms with Gasteiger partial charge in [0.1, 0.15) is 17.3 Å². The Bertz CT molecular complexity index is 572. The molecule has 21 heavy (non-hydrogen) atoms. The first kappa shape index (κ1) is 16.0. The first-order valence-corrected chi connectivity index (χ1v) is 8.04. The summed E-state index contributed by atoms with van der Waals surface area (Å²) in [5.41, 5.74) is 0.0995. The molecule has 0 bridgehead atoms. The van der Waals surface area contributed by atoms with E-state index in [9.17, 15) is 0 Å². The van der Waals surface area contributed by atoms with Crippen LogP contribution < -0.4 is 10.1 Å². The van der Waals surface area contributed by atoms with Crippen LogP contribution >= 0.6 is 11.8 Å². The number of thioether (sulfide) groups is 1. The van der Waals surface area contributed by atoms with Crippen LogP contribution in [0.25, 0.3) is 0 Å². The Hall–Kier alpha value is -1.39. The summed E-state index contributed by atoms with van der Waals surface area (Å²) < 4.78 is 11.1. The van der Waals surface area contributed by atoms with Crippen LogP contribution in [-0.4, -0.2) is 12.6 Å². The molecule has 2 rings (SSSR count). The van der Waals surface area contributed by atoms with E-state index in [1.807, 2.05) is 30.3 Å². The molecule has 0 spiro atoms. The van der Waals surface area contributed by atoms with E-state index < -0.39 is 0 Å². The zero-order valence-corrected chi connectivity index (χ0v) is 13.9. The van der Waals surface area contributed by atoms with Crippen LogP contribution in [0.3, 0.4) is 0 Å². The van der Waals surface area contributed by atoms with E-state index in [1.165, 1.54) is 4.90 Å². The van der Waals surface area contributed by atoms with Gasteiger partial charge in [-0.25, -0.2) is 0 Å². The van der Waals surface area contributed by atoms with Gasteiger partial charge in [-0.3, -0.25) is 0 Å². The quantitative estimate of drug-likeness (QED) is 0.799. The molecular weight excluding hydrogens is 282 g/mol. The fraction of sp³-hybridized carbons (Fsp3) is 0.412. The molecule has 0 saturated heterocycles. The van der Waals surface area contributed by atoms with Crippen LogP contribution in [0.2, 0.25) is 0 Å². The molecule has 0 saturated carbocycles. The first-order chi connectivity index (χ1) is 9.96. The van der Waals surface area contributed by atoms with Crippen LogP contribution in [0.1, 0.15) is 32.3 Å². The van der Waals surface area contributed by atoms with Crippen LogP contribution in [0.15, 0.2) is 45.7 Å². The van der Waals surface area contributed by atoms with Gasteiger partial charge >= 0.3 is 0 Å². The van der Waals surface area contributed by atoms with Crippen molar-refractivity contribution in [3.8, 4) is 5.75 Å². The van der Waals surface area contributed by atoms with Gasteiger partial charge in [0.25, 0.3) is 0 Å². The van der Waals surface area contributed by atoms with E-state index in [0.29, 0.717) is 0 Å². The molecule has 0 aliphatic carbocycles. The van der Waals surface area contributed by atoms with Crippen molar-refractivity contribution in [2.75, 3.05) is 7.11 Å². The number of methoxy groups -OCH3 is 1. The minimum atomic E-state index is 0.0995. The van der Waals surface area contributed by atoms with Crippen molar-refractivity contribution >= 4 is 11.8 Å². The van der Waals surface area contributed by atoms with E-state index in [0.717, 1.165) is 29.6 Å². The summed E-state index contributed by atoms with van der Waals surface area (Å²) in [6, 6.07) is 12.2. The first-order valence-electron chi connectivity index (χ1n) is 7.06. The van der Waals surface area contributed by atoms with Crippen molar-refractivity contribution in [1.82, 2.24) is 5.32 Å². The van der Waals surface area contributed by atoms with Gasteiger partial charge < -0.3 is 14.5 Å². The van der Waals surface area contributed by atoms with Gasteiger partial charge in [0.2, 0.25) is 0 Å². The van der Waals surface area contributed by atoms with E-state index >= 15 is 0 Å². The third kappa shape index (κ3) is 5.48. The van der Waals surface area contributed by atoms with Crippen molar-refractivity contribution in [3.05, 3.63) is 47.9 Å². The summed E-state index contributed by atoms with van der Waals surface area (Å²) in [5, 5.41) is 3.42. The summed E-state index contributed by atoms with van der Waals surface area (Å²) in [6.07, 6.45) is 0. The van der Waals surface area contributed by atoms with E-state index in [1.54, 1.807) is 18.9 Å². The summed E-state index contributed by atoms with van der Waals surface area (Å²) in [4.78, 5) is 1.18. The minimum Gasteiger partial charge on any atom is -0.497 e. The molecule has 3 nitrogen and oxygen atoms in total. The highest BCUT2D eigenvalue weighted by molar-refractivity contribution is 7.98. The molecule has 0 amide bonds. The summed E-state index contributed by atoms with van der Waals surface area (Å²) in [6.45, 7) is 7.20. The summed E-state index contributed by atoms with van der Waals surface area (Å²) >= 11 is 1.75. The highest BCUT2D eigenvalue weighted by Gasteiger charge is 2.10. The van der Waals surface area contributed by atoms with Gasteiger partial charge in [-0.05, 0) is 51.1 Å². The molecule has 2 aromatic rings. The number of ether oxygens (including phenoxy) is 1. The Morgan fingerprint density at radius 1 is 1.14 bits per heavy atom. The smallest absolute Gasteiger partial charge is 0.119 e. The van der Waals surface area contributed by atoms with E-state index in [-0.39, 0.29) is 5.54 Å². The molecule has 0 atom stereocenters. The number of rotatable bonds is 6. The van der Waals surface area contributed by atoms with Gasteiger partial charge in [-0.2, -0.15) is 0 Å². The van der Waals surface area contributed by atoms with Gasteiger partial charge in [0.05, 0.1) is 19.4 Å². The lowest BCUT2D eigenvalue weighted by Gasteiger charge is -2.19. The monoisotopic (exact) mass is 305 g/mol. The summed E-state index contributed by atoms with van der Waals surface area (Å²) in [5.74, 6) is 3.68. The molecule has 1 N–H and O–H groups in total. The molecule has 0 radical (unpaired) electrons. The highest BCUT2D eigenvalue weighted by Crippen LogP contribution is 2.26. The Morgan fingerprint density at radius 3 is 2.62 bits per heavy atom. The maximum absolute atomic E-state index is 5.84. The average molecular weight is 305 g/mol. The Balaban J connectivity index is 1.87. The van der Waals surface area contributed by atoms with Crippen molar-refractivity contribution in [2.24, 2.45) is 0 Å². The molecule has 1 heterocycles. The number of furan rings is 1. The maximum atomic E-state index is 5.84. The normalized spacial score (nSPS) is 11.6. The van der Waals surface area contributed by atoms with E-state index in [2.05, 4.69) is 32.2 Å². The second-order valence-corrected chi connectivity index (χ2v) is 6.99. The second kappa shape index (κ2) is 7.05. The zero-order chi connectivity index (χ0) is 15.3. The van der Waals surface area contributed by atoms with Crippen molar-refractivity contribution in [2.45, 2.75) is 43.5 Å². The lowest BCUT2D eigenvalue weighted by molar-refractivity contribution is 0.382. The maximum Gasteiger partial charge on any atom is 0.119 e. The summed E-state index contributed by atoms with van der Waals surface area (Å²) in [7, 11) is 1.69. The molecule has 4 heteroatoms. The van der Waals surface area contributed by atoms with Crippen LogP contribution in [0.4, 0.5) is 0 Å². The number of hydrogen-bond acceptors (Lipinski definition) is 4. The molecule has 0 fully saturated rings.